The Labute approximate surface area is 120 Å². The van der Waals surface area contributed by atoms with Gasteiger partial charge in [-0.1, -0.05) is 6.92 Å². The monoisotopic (exact) mass is 280 g/mol. The number of anilines is 1. The maximum Gasteiger partial charge on any atom is 0.324 e. The van der Waals surface area contributed by atoms with E-state index in [9.17, 15) is 0 Å². The van der Waals surface area contributed by atoms with E-state index in [1.165, 1.54) is 12.8 Å². The molecule has 1 aromatic rings. The fourth-order valence-corrected chi connectivity index (χ4v) is 2.32. The van der Waals surface area contributed by atoms with Gasteiger partial charge in [-0.15, -0.1) is 4.98 Å². The molecule has 20 heavy (non-hydrogen) atoms. The van der Waals surface area contributed by atoms with Gasteiger partial charge in [-0.2, -0.15) is 9.97 Å². The molecule has 6 heteroatoms. The summed E-state index contributed by atoms with van der Waals surface area (Å²) in [6.45, 7) is 7.45. The lowest BCUT2D eigenvalue weighted by Gasteiger charge is -2.25. The molecule has 0 amide bonds. The third-order valence-corrected chi connectivity index (χ3v) is 3.44. The minimum Gasteiger partial charge on any atom is -0.464 e. The van der Waals surface area contributed by atoms with Crippen LogP contribution in [0.1, 0.15) is 46.5 Å². The summed E-state index contributed by atoms with van der Waals surface area (Å²) in [5.41, 5.74) is 0. The second-order valence-electron chi connectivity index (χ2n) is 5.19. The molecular weight excluding hydrogens is 256 g/mol. The number of hydrogen-bond acceptors (Lipinski definition) is 6. The van der Waals surface area contributed by atoms with Gasteiger partial charge in [0.05, 0.1) is 6.61 Å². The van der Waals surface area contributed by atoms with Gasteiger partial charge in [-0.3, -0.25) is 0 Å². The Morgan fingerprint density at radius 2 is 1.75 bits per heavy atom. The van der Waals surface area contributed by atoms with E-state index in [4.69, 9.17) is 9.47 Å². The Hall–Kier alpha value is -1.59. The average molecular weight is 280 g/mol. The van der Waals surface area contributed by atoms with Crippen molar-refractivity contribution in [2.45, 2.75) is 52.6 Å². The topological polar surface area (TPSA) is 69.2 Å². The van der Waals surface area contributed by atoms with Crippen molar-refractivity contribution in [1.82, 2.24) is 15.0 Å². The third kappa shape index (κ3) is 4.21. The summed E-state index contributed by atoms with van der Waals surface area (Å²) < 4.78 is 11.3. The molecule has 0 bridgehead atoms. The standard InChI is InChI=1S/C14H24N4O2/c1-4-15-12-16-13(19-5-2)18-14(17-12)20-11-8-6-10(3)7-9-11/h10-11H,4-9H2,1-3H3,(H,15,16,17,18). The van der Waals surface area contributed by atoms with Crippen molar-refractivity contribution >= 4 is 5.95 Å². The molecule has 1 aliphatic carbocycles. The van der Waals surface area contributed by atoms with Crippen LogP contribution in [0.25, 0.3) is 0 Å². The van der Waals surface area contributed by atoms with Crippen LogP contribution in [0.5, 0.6) is 12.0 Å². The lowest BCUT2D eigenvalue weighted by atomic mass is 9.89. The zero-order chi connectivity index (χ0) is 14.4. The van der Waals surface area contributed by atoms with Crippen LogP contribution in [-0.2, 0) is 0 Å². The van der Waals surface area contributed by atoms with Crippen LogP contribution in [0.15, 0.2) is 0 Å². The zero-order valence-electron chi connectivity index (χ0n) is 12.6. The highest BCUT2D eigenvalue weighted by Gasteiger charge is 2.21. The normalized spacial score (nSPS) is 22.4. The molecule has 0 aromatic carbocycles. The second kappa shape index (κ2) is 7.26. The summed E-state index contributed by atoms with van der Waals surface area (Å²) in [4.78, 5) is 12.7. The molecule has 0 radical (unpaired) electrons. The molecular formula is C14H24N4O2. The largest absolute Gasteiger partial charge is 0.464 e. The van der Waals surface area contributed by atoms with Gasteiger partial charge in [0.1, 0.15) is 6.10 Å². The third-order valence-electron chi connectivity index (χ3n) is 3.44. The van der Waals surface area contributed by atoms with Gasteiger partial charge in [-0.05, 0) is 45.4 Å². The zero-order valence-corrected chi connectivity index (χ0v) is 12.6. The molecule has 1 saturated carbocycles. The Morgan fingerprint density at radius 3 is 2.40 bits per heavy atom. The van der Waals surface area contributed by atoms with Gasteiger partial charge in [0.15, 0.2) is 0 Å². The van der Waals surface area contributed by atoms with Crippen LogP contribution < -0.4 is 14.8 Å². The first-order valence-corrected chi connectivity index (χ1v) is 7.50. The van der Waals surface area contributed by atoms with Gasteiger partial charge in [0.25, 0.3) is 0 Å². The van der Waals surface area contributed by atoms with Crippen LogP contribution in [0.2, 0.25) is 0 Å². The van der Waals surface area contributed by atoms with E-state index in [2.05, 4.69) is 27.2 Å². The number of aromatic nitrogens is 3. The maximum atomic E-state index is 5.90. The van der Waals surface area contributed by atoms with E-state index in [1.807, 2.05) is 13.8 Å². The van der Waals surface area contributed by atoms with Crippen LogP contribution in [0.4, 0.5) is 5.95 Å². The highest BCUT2D eigenvalue weighted by atomic mass is 16.5. The van der Waals surface area contributed by atoms with Gasteiger partial charge in [-0.25, -0.2) is 0 Å². The van der Waals surface area contributed by atoms with Gasteiger partial charge < -0.3 is 14.8 Å². The fourth-order valence-electron chi connectivity index (χ4n) is 2.32. The molecule has 1 N–H and O–H groups in total. The Kier molecular flexibility index (Phi) is 5.38. The first-order valence-electron chi connectivity index (χ1n) is 7.50. The average Bonchev–Trinajstić information content (AvgIpc) is 2.42. The smallest absolute Gasteiger partial charge is 0.324 e. The first-order chi connectivity index (χ1) is 9.71. The molecule has 0 atom stereocenters. The van der Waals surface area contributed by atoms with Crippen molar-refractivity contribution in [1.29, 1.82) is 0 Å². The van der Waals surface area contributed by atoms with Crippen molar-refractivity contribution in [2.24, 2.45) is 5.92 Å². The predicted molar refractivity (Wildman–Crippen MR) is 77.2 cm³/mol. The molecule has 0 spiro atoms. The molecule has 1 fully saturated rings. The fraction of sp³-hybridized carbons (Fsp3) is 0.786. The van der Waals surface area contributed by atoms with E-state index in [0.29, 0.717) is 24.6 Å². The van der Waals surface area contributed by atoms with Crippen LogP contribution in [0.3, 0.4) is 0 Å². The summed E-state index contributed by atoms with van der Waals surface area (Å²) in [7, 11) is 0. The summed E-state index contributed by atoms with van der Waals surface area (Å²) in [6, 6.07) is 0.677. The summed E-state index contributed by atoms with van der Waals surface area (Å²) in [5, 5.41) is 3.07. The van der Waals surface area contributed by atoms with Gasteiger partial charge >= 0.3 is 12.0 Å². The summed E-state index contributed by atoms with van der Waals surface area (Å²) in [6.07, 6.45) is 4.74. The van der Waals surface area contributed by atoms with E-state index < -0.39 is 0 Å². The van der Waals surface area contributed by atoms with Gasteiger partial charge in [0.2, 0.25) is 5.95 Å². The van der Waals surface area contributed by atoms with Crippen LogP contribution in [0, 0.1) is 5.92 Å². The van der Waals surface area contributed by atoms with E-state index in [-0.39, 0.29) is 6.10 Å². The van der Waals surface area contributed by atoms with Crippen molar-refractivity contribution in [2.75, 3.05) is 18.5 Å². The number of nitrogens with zero attached hydrogens (tertiary/aromatic N) is 3. The minimum absolute atomic E-state index is 0.206. The lowest BCUT2D eigenvalue weighted by molar-refractivity contribution is 0.122. The van der Waals surface area contributed by atoms with Crippen molar-refractivity contribution in [3.05, 3.63) is 0 Å². The number of nitrogens with one attached hydrogen (secondary N) is 1. The molecule has 0 saturated heterocycles. The molecule has 1 heterocycles. The highest BCUT2D eigenvalue weighted by molar-refractivity contribution is 5.27. The number of rotatable bonds is 6. The molecule has 0 unspecified atom stereocenters. The Morgan fingerprint density at radius 1 is 1.05 bits per heavy atom. The number of ether oxygens (including phenoxy) is 2. The lowest BCUT2D eigenvalue weighted by Crippen LogP contribution is -2.24. The minimum atomic E-state index is 0.206. The predicted octanol–water partition coefficient (Wildman–Crippen LogP) is 2.66. The van der Waals surface area contributed by atoms with Crippen molar-refractivity contribution in [3.63, 3.8) is 0 Å². The SMILES string of the molecule is CCNc1nc(OCC)nc(OC2CCC(C)CC2)n1. The van der Waals surface area contributed by atoms with E-state index in [0.717, 1.165) is 25.3 Å². The van der Waals surface area contributed by atoms with Crippen molar-refractivity contribution in [3.8, 4) is 12.0 Å². The molecule has 1 aliphatic rings. The summed E-state index contributed by atoms with van der Waals surface area (Å²) >= 11 is 0. The molecule has 2 rings (SSSR count). The van der Waals surface area contributed by atoms with E-state index >= 15 is 0 Å². The van der Waals surface area contributed by atoms with Crippen LogP contribution in [-0.4, -0.2) is 34.2 Å². The second-order valence-corrected chi connectivity index (χ2v) is 5.19. The van der Waals surface area contributed by atoms with Gasteiger partial charge in [0, 0.05) is 6.54 Å². The Balaban J connectivity index is 2.05. The molecule has 1 aromatic heterocycles. The summed E-state index contributed by atoms with van der Waals surface area (Å²) in [5.74, 6) is 1.30. The molecule has 112 valence electrons. The molecule has 0 aliphatic heterocycles. The molecule has 6 nitrogen and oxygen atoms in total. The maximum absolute atomic E-state index is 5.90. The van der Waals surface area contributed by atoms with Crippen LogP contribution >= 0.6 is 0 Å². The quantitative estimate of drug-likeness (QED) is 0.864. The van der Waals surface area contributed by atoms with Crippen molar-refractivity contribution < 1.29 is 9.47 Å². The highest BCUT2D eigenvalue weighted by Crippen LogP contribution is 2.26. The Bertz CT molecular complexity index is 395. The first kappa shape index (κ1) is 14.8. The number of hydrogen-bond donors (Lipinski definition) is 1. The van der Waals surface area contributed by atoms with E-state index in [1.54, 1.807) is 0 Å².